The van der Waals surface area contributed by atoms with Gasteiger partial charge < -0.3 is 14.9 Å². The smallest absolute Gasteiger partial charge is 0.323 e. The SMILES string of the molecule is CC(C)N(CC(=O)O)C(=O)N1CCc2ccccc2CC1. The predicted octanol–water partition coefficient (Wildman–Crippen LogP) is 2.00. The molecule has 1 aromatic rings. The lowest BCUT2D eigenvalue weighted by Gasteiger charge is -2.31. The van der Waals surface area contributed by atoms with E-state index in [1.54, 1.807) is 4.90 Å². The zero-order valence-electron chi connectivity index (χ0n) is 12.6. The second-order valence-corrected chi connectivity index (χ2v) is 5.65. The van der Waals surface area contributed by atoms with Crippen molar-refractivity contribution < 1.29 is 14.7 Å². The number of hydrogen-bond donors (Lipinski definition) is 1. The summed E-state index contributed by atoms with van der Waals surface area (Å²) in [5, 5.41) is 8.97. The van der Waals surface area contributed by atoms with E-state index in [0.29, 0.717) is 13.1 Å². The number of aliphatic carboxylic acids is 1. The molecule has 5 heteroatoms. The standard InChI is InChI=1S/C16H22N2O3/c1-12(2)18(11-15(19)20)16(21)17-9-7-13-5-3-4-6-14(13)8-10-17/h3-6,12H,7-11H2,1-2H3,(H,19,20). The number of carboxylic acid groups (broad SMARTS) is 1. The highest BCUT2D eigenvalue weighted by Crippen LogP contribution is 2.17. The van der Waals surface area contributed by atoms with Crippen molar-refractivity contribution in [3.8, 4) is 0 Å². The molecule has 0 bridgehead atoms. The summed E-state index contributed by atoms with van der Waals surface area (Å²) in [5.41, 5.74) is 2.56. The van der Waals surface area contributed by atoms with Crippen molar-refractivity contribution in [1.29, 1.82) is 0 Å². The van der Waals surface area contributed by atoms with Crippen molar-refractivity contribution in [1.82, 2.24) is 9.80 Å². The maximum Gasteiger partial charge on any atom is 0.323 e. The molecule has 0 unspecified atom stereocenters. The maximum atomic E-state index is 12.6. The monoisotopic (exact) mass is 290 g/mol. The first-order valence-electron chi connectivity index (χ1n) is 7.33. The molecule has 1 aromatic carbocycles. The fraction of sp³-hybridized carbons (Fsp3) is 0.500. The van der Waals surface area contributed by atoms with E-state index in [4.69, 9.17) is 5.11 Å². The van der Waals surface area contributed by atoms with Crippen molar-refractivity contribution in [2.24, 2.45) is 0 Å². The minimum absolute atomic E-state index is 0.126. The Kier molecular flexibility index (Phi) is 4.83. The van der Waals surface area contributed by atoms with Gasteiger partial charge in [0.25, 0.3) is 0 Å². The number of fused-ring (bicyclic) bond motifs is 1. The molecule has 1 aliphatic rings. The maximum absolute atomic E-state index is 12.6. The number of rotatable bonds is 3. The van der Waals surface area contributed by atoms with E-state index in [2.05, 4.69) is 12.1 Å². The molecule has 0 aliphatic carbocycles. The number of hydrogen-bond acceptors (Lipinski definition) is 2. The quantitative estimate of drug-likeness (QED) is 0.926. The molecular weight excluding hydrogens is 268 g/mol. The molecule has 0 fully saturated rings. The lowest BCUT2D eigenvalue weighted by atomic mass is 10.0. The van der Waals surface area contributed by atoms with Crippen LogP contribution < -0.4 is 0 Å². The number of nitrogens with zero attached hydrogens (tertiary/aromatic N) is 2. The Morgan fingerprint density at radius 3 is 2.14 bits per heavy atom. The second kappa shape index (κ2) is 6.61. The first-order valence-corrected chi connectivity index (χ1v) is 7.33. The number of urea groups is 1. The van der Waals surface area contributed by atoms with Gasteiger partial charge in [0, 0.05) is 19.1 Å². The molecule has 1 N–H and O–H groups in total. The van der Waals surface area contributed by atoms with Gasteiger partial charge in [-0.05, 0) is 37.8 Å². The molecule has 0 spiro atoms. The number of amides is 2. The molecule has 0 atom stereocenters. The van der Waals surface area contributed by atoms with Crippen LogP contribution in [0.15, 0.2) is 24.3 Å². The summed E-state index contributed by atoms with van der Waals surface area (Å²) < 4.78 is 0. The van der Waals surface area contributed by atoms with Crippen LogP contribution in [0.5, 0.6) is 0 Å². The van der Waals surface area contributed by atoms with Gasteiger partial charge in [-0.2, -0.15) is 0 Å². The predicted molar refractivity (Wildman–Crippen MR) is 80.3 cm³/mol. The van der Waals surface area contributed by atoms with Crippen LogP contribution in [-0.2, 0) is 17.6 Å². The van der Waals surface area contributed by atoms with Gasteiger partial charge in [0.15, 0.2) is 0 Å². The third kappa shape index (κ3) is 3.74. The van der Waals surface area contributed by atoms with Crippen LogP contribution in [0.3, 0.4) is 0 Å². The zero-order valence-corrected chi connectivity index (χ0v) is 12.6. The third-order valence-corrected chi connectivity index (χ3v) is 3.87. The Morgan fingerprint density at radius 1 is 1.19 bits per heavy atom. The largest absolute Gasteiger partial charge is 0.480 e. The van der Waals surface area contributed by atoms with Crippen molar-refractivity contribution in [3.63, 3.8) is 0 Å². The van der Waals surface area contributed by atoms with Crippen LogP contribution >= 0.6 is 0 Å². The first-order chi connectivity index (χ1) is 9.99. The van der Waals surface area contributed by atoms with Gasteiger partial charge in [0.05, 0.1) is 0 Å². The fourth-order valence-corrected chi connectivity index (χ4v) is 2.66. The molecule has 0 saturated heterocycles. The molecule has 1 heterocycles. The van der Waals surface area contributed by atoms with Gasteiger partial charge in [-0.15, -0.1) is 0 Å². The Labute approximate surface area is 125 Å². The average Bonchev–Trinajstić information content (AvgIpc) is 2.66. The van der Waals surface area contributed by atoms with Crippen molar-refractivity contribution in [3.05, 3.63) is 35.4 Å². The molecule has 0 saturated carbocycles. The van der Waals surface area contributed by atoms with Crippen molar-refractivity contribution in [2.75, 3.05) is 19.6 Å². The van der Waals surface area contributed by atoms with E-state index < -0.39 is 5.97 Å². The second-order valence-electron chi connectivity index (χ2n) is 5.65. The van der Waals surface area contributed by atoms with Crippen molar-refractivity contribution >= 4 is 12.0 Å². The van der Waals surface area contributed by atoms with Crippen LogP contribution in [0.25, 0.3) is 0 Å². The van der Waals surface area contributed by atoms with Gasteiger partial charge in [-0.3, -0.25) is 4.79 Å². The van der Waals surface area contributed by atoms with Crippen molar-refractivity contribution in [2.45, 2.75) is 32.7 Å². The molecule has 2 rings (SSSR count). The van der Waals surface area contributed by atoms with Gasteiger partial charge in [0.2, 0.25) is 0 Å². The molecule has 2 amide bonds. The van der Waals surface area contributed by atoms with E-state index >= 15 is 0 Å². The topological polar surface area (TPSA) is 60.9 Å². The summed E-state index contributed by atoms with van der Waals surface area (Å²) in [5.74, 6) is -0.977. The molecule has 1 aliphatic heterocycles. The van der Waals surface area contributed by atoms with Crippen LogP contribution in [0.2, 0.25) is 0 Å². The summed E-state index contributed by atoms with van der Waals surface area (Å²) in [4.78, 5) is 26.7. The first kappa shape index (κ1) is 15.4. The van der Waals surface area contributed by atoms with Gasteiger partial charge in [0.1, 0.15) is 6.54 Å². The molecule has 0 aromatic heterocycles. The summed E-state index contributed by atoms with van der Waals surface area (Å²) in [7, 11) is 0. The van der Waals surface area contributed by atoms with Crippen LogP contribution in [-0.4, -0.2) is 52.6 Å². The summed E-state index contributed by atoms with van der Waals surface area (Å²) >= 11 is 0. The summed E-state index contributed by atoms with van der Waals surface area (Å²) in [6, 6.07) is 7.92. The highest BCUT2D eigenvalue weighted by molar-refractivity contribution is 5.80. The van der Waals surface area contributed by atoms with Crippen LogP contribution in [0.4, 0.5) is 4.79 Å². The number of carbonyl (C=O) groups is 2. The molecule has 5 nitrogen and oxygen atoms in total. The minimum atomic E-state index is -0.977. The normalized spacial score (nSPS) is 14.5. The van der Waals surface area contributed by atoms with E-state index in [0.717, 1.165) is 12.8 Å². The zero-order chi connectivity index (χ0) is 15.4. The Balaban J connectivity index is 2.08. The lowest BCUT2D eigenvalue weighted by Crippen LogP contribution is -2.49. The minimum Gasteiger partial charge on any atom is -0.480 e. The highest BCUT2D eigenvalue weighted by Gasteiger charge is 2.26. The molecule has 114 valence electrons. The van der Waals surface area contributed by atoms with Gasteiger partial charge >= 0.3 is 12.0 Å². The number of carboxylic acids is 1. The van der Waals surface area contributed by atoms with E-state index in [-0.39, 0.29) is 18.6 Å². The number of benzene rings is 1. The van der Waals surface area contributed by atoms with E-state index in [9.17, 15) is 9.59 Å². The lowest BCUT2D eigenvalue weighted by molar-refractivity contribution is -0.138. The Morgan fingerprint density at radius 2 is 1.71 bits per heavy atom. The number of carbonyl (C=O) groups excluding carboxylic acids is 1. The fourth-order valence-electron chi connectivity index (χ4n) is 2.66. The Bertz CT molecular complexity index is 501. The van der Waals surface area contributed by atoms with E-state index in [1.165, 1.54) is 16.0 Å². The third-order valence-electron chi connectivity index (χ3n) is 3.87. The van der Waals surface area contributed by atoms with E-state index in [1.807, 2.05) is 26.0 Å². The molecule has 0 radical (unpaired) electrons. The highest BCUT2D eigenvalue weighted by atomic mass is 16.4. The van der Waals surface area contributed by atoms with Crippen LogP contribution in [0, 0.1) is 0 Å². The summed E-state index contributed by atoms with van der Waals surface area (Å²) in [6.07, 6.45) is 1.64. The average molecular weight is 290 g/mol. The Hall–Kier alpha value is -2.04. The molecular formula is C16H22N2O3. The van der Waals surface area contributed by atoms with Gasteiger partial charge in [-0.25, -0.2) is 4.79 Å². The molecule has 21 heavy (non-hydrogen) atoms. The van der Waals surface area contributed by atoms with Gasteiger partial charge in [-0.1, -0.05) is 24.3 Å². The van der Waals surface area contributed by atoms with Crippen LogP contribution in [0.1, 0.15) is 25.0 Å². The summed E-state index contributed by atoms with van der Waals surface area (Å²) in [6.45, 7) is 4.71.